The van der Waals surface area contributed by atoms with E-state index < -0.39 is 34.4 Å². The lowest BCUT2D eigenvalue weighted by atomic mass is 10.0. The first kappa shape index (κ1) is 29.5. The molecule has 0 aromatic heterocycles. The lowest BCUT2D eigenvalue weighted by Gasteiger charge is -2.31. The van der Waals surface area contributed by atoms with E-state index in [1.165, 1.54) is 16.4 Å². The quantitative estimate of drug-likeness (QED) is 0.363. The van der Waals surface area contributed by atoms with Crippen molar-refractivity contribution in [3.8, 4) is 0 Å². The van der Waals surface area contributed by atoms with Crippen LogP contribution < -0.4 is 10.6 Å². The number of sulfonamides is 1. The Kier molecular flexibility index (Phi) is 8.95. The van der Waals surface area contributed by atoms with Gasteiger partial charge >= 0.3 is 6.09 Å². The highest BCUT2D eigenvalue weighted by atomic mass is 32.2. The smallest absolute Gasteiger partial charge is 0.407 e. The summed E-state index contributed by atoms with van der Waals surface area (Å²) in [6.07, 6.45) is -1.70. The second-order valence-corrected chi connectivity index (χ2v) is 13.2. The van der Waals surface area contributed by atoms with Crippen LogP contribution in [0, 0.1) is 11.8 Å². The molecule has 0 spiro atoms. The molecule has 2 aromatic rings. The number of nitrogens with one attached hydrogen (secondary N) is 2. The van der Waals surface area contributed by atoms with Crippen LogP contribution in [0.3, 0.4) is 0 Å². The summed E-state index contributed by atoms with van der Waals surface area (Å²) in [5.41, 5.74) is 2.07. The Morgan fingerprint density at radius 1 is 1.17 bits per heavy atom. The van der Waals surface area contributed by atoms with E-state index in [2.05, 4.69) is 10.6 Å². The zero-order valence-corrected chi connectivity index (χ0v) is 24.0. The van der Waals surface area contributed by atoms with Gasteiger partial charge in [0.2, 0.25) is 15.9 Å². The fraction of sp³-hybridized carbons (Fsp3) is 0.517. The molecular formula is C29H37N3O8S. The molecule has 0 unspecified atom stereocenters. The number of ether oxygens (including phenoxy) is 3. The number of aliphatic hydroxyl groups is 1. The van der Waals surface area contributed by atoms with Gasteiger partial charge in [0.05, 0.1) is 42.6 Å². The molecule has 3 aliphatic heterocycles. The Morgan fingerprint density at radius 2 is 1.95 bits per heavy atom. The van der Waals surface area contributed by atoms with E-state index in [0.29, 0.717) is 17.9 Å². The van der Waals surface area contributed by atoms with Crippen molar-refractivity contribution in [3.05, 3.63) is 59.7 Å². The zero-order chi connectivity index (χ0) is 29.1. The summed E-state index contributed by atoms with van der Waals surface area (Å²) in [4.78, 5) is 24.8. The molecule has 0 saturated carbocycles. The molecule has 2 amide bonds. The summed E-state index contributed by atoms with van der Waals surface area (Å²) in [6, 6.07) is 13.0. The highest BCUT2D eigenvalue weighted by molar-refractivity contribution is 7.89. The third-order valence-electron chi connectivity index (χ3n) is 7.61. The summed E-state index contributed by atoms with van der Waals surface area (Å²) in [7, 11) is -4.03. The van der Waals surface area contributed by atoms with Crippen molar-refractivity contribution in [2.24, 2.45) is 11.8 Å². The van der Waals surface area contributed by atoms with E-state index in [0.717, 1.165) is 12.0 Å². The highest BCUT2D eigenvalue weighted by Gasteiger charge is 2.44. The molecule has 222 valence electrons. The second kappa shape index (κ2) is 12.5. The molecule has 3 aliphatic rings. The van der Waals surface area contributed by atoms with E-state index >= 15 is 0 Å². The summed E-state index contributed by atoms with van der Waals surface area (Å²) in [5.74, 6) is -0.266. The number of anilines is 1. The first-order chi connectivity index (χ1) is 19.6. The first-order valence-electron chi connectivity index (χ1n) is 14.0. The van der Waals surface area contributed by atoms with Crippen LogP contribution >= 0.6 is 0 Å². The van der Waals surface area contributed by atoms with Gasteiger partial charge in [0.1, 0.15) is 6.10 Å². The minimum Gasteiger partial charge on any atom is -0.443 e. The Bertz CT molecular complexity index is 1350. The summed E-state index contributed by atoms with van der Waals surface area (Å²) in [6.45, 7) is 4.46. The highest BCUT2D eigenvalue weighted by Crippen LogP contribution is 2.33. The van der Waals surface area contributed by atoms with Gasteiger partial charge in [-0.3, -0.25) is 4.79 Å². The van der Waals surface area contributed by atoms with Gasteiger partial charge in [-0.2, -0.15) is 4.31 Å². The van der Waals surface area contributed by atoms with Gasteiger partial charge in [-0.1, -0.05) is 44.2 Å². The Hall–Kier alpha value is -3.03. The molecule has 0 radical (unpaired) electrons. The van der Waals surface area contributed by atoms with Crippen molar-refractivity contribution in [2.45, 2.75) is 62.5 Å². The predicted molar refractivity (Wildman–Crippen MR) is 150 cm³/mol. The Morgan fingerprint density at radius 3 is 2.71 bits per heavy atom. The summed E-state index contributed by atoms with van der Waals surface area (Å²) < 4.78 is 45.6. The van der Waals surface area contributed by atoms with Gasteiger partial charge in [-0.05, 0) is 48.1 Å². The second-order valence-electron chi connectivity index (χ2n) is 11.2. The molecule has 41 heavy (non-hydrogen) atoms. The minimum atomic E-state index is -4.03. The molecule has 2 saturated heterocycles. The van der Waals surface area contributed by atoms with Crippen LogP contribution in [0.15, 0.2) is 53.4 Å². The van der Waals surface area contributed by atoms with E-state index in [-0.39, 0.29) is 61.5 Å². The number of fused-ring (bicyclic) bond motifs is 2. The van der Waals surface area contributed by atoms with Crippen molar-refractivity contribution >= 4 is 27.7 Å². The average Bonchev–Trinajstić information content (AvgIpc) is 3.64. The number of carbonyl (C=O) groups is 2. The number of hydrogen-bond acceptors (Lipinski definition) is 8. The standard InChI is InChI=1S/C29H37N3O8S/c1-18(2)15-32(41(36,37)21-8-9-23-20(13-21)14-27(34)30-23)16-25(33)24(12-19-6-4-3-5-7-19)31-29(35)40-26-17-39-28-22(26)10-11-38-28/h3-9,13,18,22,24-26,28,33H,10-12,14-17H2,1-2H3,(H,30,34)(H,31,35)/t22-,24-,25+,26-,28+/m0/s1. The molecule has 0 aliphatic carbocycles. The Labute approximate surface area is 240 Å². The maximum atomic E-state index is 13.8. The largest absolute Gasteiger partial charge is 0.443 e. The third kappa shape index (κ3) is 6.90. The summed E-state index contributed by atoms with van der Waals surface area (Å²) >= 11 is 0. The fourth-order valence-electron chi connectivity index (χ4n) is 5.55. The first-order valence-corrected chi connectivity index (χ1v) is 15.4. The number of carbonyl (C=O) groups excluding carboxylic acids is 2. The zero-order valence-electron chi connectivity index (χ0n) is 23.2. The fourth-order valence-corrected chi connectivity index (χ4v) is 7.22. The van der Waals surface area contributed by atoms with Crippen LogP contribution in [0.5, 0.6) is 0 Å². The van der Waals surface area contributed by atoms with Crippen LogP contribution in [-0.4, -0.2) is 80.7 Å². The van der Waals surface area contributed by atoms with Gasteiger partial charge in [0.25, 0.3) is 0 Å². The van der Waals surface area contributed by atoms with E-state index in [4.69, 9.17) is 14.2 Å². The molecule has 11 nitrogen and oxygen atoms in total. The number of benzene rings is 2. The van der Waals surface area contributed by atoms with Crippen LogP contribution in [0.25, 0.3) is 0 Å². The van der Waals surface area contributed by atoms with E-state index in [1.54, 1.807) is 6.07 Å². The van der Waals surface area contributed by atoms with Crippen LogP contribution in [0.2, 0.25) is 0 Å². The van der Waals surface area contributed by atoms with Crippen LogP contribution in [0.4, 0.5) is 10.5 Å². The molecule has 12 heteroatoms. The lowest BCUT2D eigenvalue weighted by Crippen LogP contribution is -2.51. The van der Waals surface area contributed by atoms with E-state index in [9.17, 15) is 23.1 Å². The molecular weight excluding hydrogens is 550 g/mol. The van der Waals surface area contributed by atoms with E-state index in [1.807, 2.05) is 44.2 Å². The normalized spacial score (nSPS) is 23.2. The topological polar surface area (TPSA) is 144 Å². The number of amides is 2. The minimum absolute atomic E-state index is 0.0379. The molecule has 3 N–H and O–H groups in total. The maximum absolute atomic E-state index is 13.8. The number of alkyl carbamates (subject to hydrolysis) is 1. The van der Waals surface area contributed by atoms with Crippen molar-refractivity contribution in [2.75, 3.05) is 31.6 Å². The average molecular weight is 588 g/mol. The predicted octanol–water partition coefficient (Wildman–Crippen LogP) is 2.29. The van der Waals surface area contributed by atoms with Gasteiger partial charge in [0, 0.05) is 18.8 Å². The van der Waals surface area contributed by atoms with Crippen molar-refractivity contribution in [3.63, 3.8) is 0 Å². The lowest BCUT2D eigenvalue weighted by molar-refractivity contribution is -0.115. The molecule has 3 heterocycles. The number of nitrogens with zero attached hydrogens (tertiary/aromatic N) is 1. The maximum Gasteiger partial charge on any atom is 0.407 e. The molecule has 5 atom stereocenters. The number of aliphatic hydroxyl groups excluding tert-OH is 1. The number of rotatable bonds is 11. The van der Waals surface area contributed by atoms with Crippen molar-refractivity contribution in [1.29, 1.82) is 0 Å². The van der Waals surface area contributed by atoms with Crippen molar-refractivity contribution in [1.82, 2.24) is 9.62 Å². The third-order valence-corrected chi connectivity index (χ3v) is 9.44. The van der Waals surface area contributed by atoms with Crippen molar-refractivity contribution < 1.29 is 37.3 Å². The van der Waals surface area contributed by atoms with Gasteiger partial charge < -0.3 is 30.0 Å². The van der Waals surface area contributed by atoms with Gasteiger partial charge in [-0.15, -0.1) is 0 Å². The summed E-state index contributed by atoms with van der Waals surface area (Å²) in [5, 5.41) is 16.9. The molecule has 0 bridgehead atoms. The Balaban J connectivity index is 1.33. The molecule has 2 fully saturated rings. The van der Waals surface area contributed by atoms with Crippen LogP contribution in [-0.2, 0) is 41.9 Å². The van der Waals surface area contributed by atoms with Crippen LogP contribution in [0.1, 0.15) is 31.4 Å². The molecule has 2 aromatic carbocycles. The molecule has 5 rings (SSSR count). The SMILES string of the molecule is CC(C)CN(C[C@@H](O)[C@H](Cc1ccccc1)NC(=O)O[C@H]1CO[C@H]2OCC[C@H]21)S(=O)(=O)c1ccc2c(c1)CC(=O)N2. The monoisotopic (exact) mass is 587 g/mol. The van der Waals surface area contributed by atoms with Gasteiger partial charge in [-0.25, -0.2) is 13.2 Å². The van der Waals surface area contributed by atoms with Gasteiger partial charge in [0.15, 0.2) is 6.29 Å². The number of hydrogen-bond donors (Lipinski definition) is 3.